The molecule has 7 heteroatoms. The fourth-order valence-electron chi connectivity index (χ4n) is 5.22. The van der Waals surface area contributed by atoms with Crippen molar-refractivity contribution in [1.82, 2.24) is 0 Å². The summed E-state index contributed by atoms with van der Waals surface area (Å²) in [4.78, 5) is 0. The summed E-state index contributed by atoms with van der Waals surface area (Å²) in [6, 6.07) is 0. The molecular weight excluding hydrogens is 448 g/mol. The summed E-state index contributed by atoms with van der Waals surface area (Å²) in [6.07, 6.45) is 7.15. The summed E-state index contributed by atoms with van der Waals surface area (Å²) in [5, 5.41) is 61.4. The Morgan fingerprint density at radius 1 is 0.714 bits per heavy atom. The molecule has 35 heavy (non-hydrogen) atoms. The quantitative estimate of drug-likeness (QED) is 0.0880. The molecule has 0 saturated heterocycles. The number of allylic oxidation sites excluding steroid dienone is 2. The van der Waals surface area contributed by atoms with Crippen molar-refractivity contribution in [3.05, 3.63) is 25.3 Å². The lowest BCUT2D eigenvalue weighted by atomic mass is 9.70. The highest BCUT2D eigenvalue weighted by Crippen LogP contribution is 2.41. The Morgan fingerprint density at radius 3 is 1.37 bits per heavy atom. The molecule has 0 spiro atoms. The molecule has 0 amide bonds. The lowest BCUT2D eigenvalue weighted by molar-refractivity contribution is -0.0537. The minimum atomic E-state index is -0.720. The summed E-state index contributed by atoms with van der Waals surface area (Å²) in [5.74, 6) is 0. The van der Waals surface area contributed by atoms with Gasteiger partial charge in [0.15, 0.2) is 0 Å². The van der Waals surface area contributed by atoms with Crippen LogP contribution in [-0.4, -0.2) is 81.5 Å². The Bertz CT molecular complexity index is 497. The number of aliphatic hydroxyl groups is 6. The van der Waals surface area contributed by atoms with E-state index in [0.29, 0.717) is 90.3 Å². The number of hydrogen-bond acceptors (Lipinski definition) is 7. The standard InChI is InChI=1S/C28H54O7/c1-5-13-27(15-9-17-29,21-23(31)7-3)25(33)11-19-35-20-12-26(34)28(14-6-2,16-10-18-30)22-24(32)8-4/h5-6,23-26,29-34H,1-2,7-22H2,3-4H3. The van der Waals surface area contributed by atoms with Crippen LogP contribution in [0.3, 0.4) is 0 Å². The molecule has 0 aliphatic rings. The molecule has 0 bridgehead atoms. The molecule has 6 N–H and O–H groups in total. The summed E-state index contributed by atoms with van der Waals surface area (Å²) in [5.41, 5.74) is -1.13. The molecule has 0 aliphatic heterocycles. The van der Waals surface area contributed by atoms with E-state index >= 15 is 0 Å². The molecule has 208 valence electrons. The molecule has 0 aromatic heterocycles. The van der Waals surface area contributed by atoms with Gasteiger partial charge in [-0.05, 0) is 77.0 Å². The zero-order chi connectivity index (χ0) is 26.7. The molecule has 0 radical (unpaired) electrons. The van der Waals surface area contributed by atoms with Gasteiger partial charge in [-0.2, -0.15) is 0 Å². The van der Waals surface area contributed by atoms with E-state index in [1.807, 2.05) is 13.8 Å². The molecule has 6 atom stereocenters. The second-order valence-corrected chi connectivity index (χ2v) is 10.1. The summed E-state index contributed by atoms with van der Waals surface area (Å²) in [6.45, 7) is 12.1. The van der Waals surface area contributed by atoms with Crippen LogP contribution in [0.15, 0.2) is 25.3 Å². The fourth-order valence-corrected chi connectivity index (χ4v) is 5.22. The van der Waals surface area contributed by atoms with E-state index in [-0.39, 0.29) is 13.2 Å². The molecule has 0 saturated carbocycles. The number of ether oxygens (including phenoxy) is 1. The van der Waals surface area contributed by atoms with Crippen LogP contribution in [0.25, 0.3) is 0 Å². The van der Waals surface area contributed by atoms with Crippen molar-refractivity contribution >= 4 is 0 Å². The minimum absolute atomic E-state index is 0.0255. The maximum atomic E-state index is 11.1. The Morgan fingerprint density at radius 2 is 1.09 bits per heavy atom. The first kappa shape index (κ1) is 34.2. The molecule has 0 aliphatic carbocycles. The Hall–Kier alpha value is -0.800. The monoisotopic (exact) mass is 502 g/mol. The van der Waals surface area contributed by atoms with Crippen molar-refractivity contribution in [2.45, 2.75) is 115 Å². The number of hydrogen-bond donors (Lipinski definition) is 6. The van der Waals surface area contributed by atoms with E-state index in [1.165, 1.54) is 0 Å². The predicted molar refractivity (Wildman–Crippen MR) is 141 cm³/mol. The van der Waals surface area contributed by atoms with Crippen molar-refractivity contribution in [3.63, 3.8) is 0 Å². The van der Waals surface area contributed by atoms with Gasteiger partial charge in [0, 0.05) is 37.3 Å². The molecule has 0 rings (SSSR count). The van der Waals surface area contributed by atoms with E-state index in [0.717, 1.165) is 0 Å². The Labute approximate surface area is 213 Å². The lowest BCUT2D eigenvalue weighted by Gasteiger charge is -2.40. The molecule has 0 aromatic rings. The van der Waals surface area contributed by atoms with Crippen LogP contribution in [0.1, 0.15) is 90.9 Å². The molecule has 0 fully saturated rings. The fraction of sp³-hybridized carbons (Fsp3) is 0.857. The van der Waals surface area contributed by atoms with E-state index in [1.54, 1.807) is 12.2 Å². The van der Waals surface area contributed by atoms with Crippen LogP contribution < -0.4 is 0 Å². The highest BCUT2D eigenvalue weighted by molar-refractivity contribution is 4.95. The number of aliphatic hydroxyl groups excluding tert-OH is 6. The lowest BCUT2D eigenvalue weighted by Crippen LogP contribution is -2.40. The van der Waals surface area contributed by atoms with E-state index in [4.69, 9.17) is 4.74 Å². The molecule has 6 unspecified atom stereocenters. The van der Waals surface area contributed by atoms with Crippen LogP contribution in [0.4, 0.5) is 0 Å². The molecule has 7 nitrogen and oxygen atoms in total. The van der Waals surface area contributed by atoms with E-state index in [2.05, 4.69) is 13.2 Å². The molecular formula is C28H54O7. The van der Waals surface area contributed by atoms with Gasteiger partial charge in [0.1, 0.15) is 0 Å². The van der Waals surface area contributed by atoms with Crippen molar-refractivity contribution in [2.24, 2.45) is 10.8 Å². The first-order chi connectivity index (χ1) is 16.7. The summed E-state index contributed by atoms with van der Waals surface area (Å²) < 4.78 is 5.80. The SMILES string of the molecule is C=CCC(CCCO)(CC(O)CC)C(O)CCOCCC(O)C(CC=C)(CCCO)CC(O)CC. The van der Waals surface area contributed by atoms with Gasteiger partial charge in [-0.25, -0.2) is 0 Å². The Kier molecular flexibility index (Phi) is 18.9. The zero-order valence-corrected chi connectivity index (χ0v) is 22.3. The second-order valence-electron chi connectivity index (χ2n) is 10.1. The van der Waals surface area contributed by atoms with Crippen molar-refractivity contribution in [1.29, 1.82) is 0 Å². The van der Waals surface area contributed by atoms with Crippen molar-refractivity contribution in [2.75, 3.05) is 26.4 Å². The third-order valence-electron chi connectivity index (χ3n) is 7.48. The summed E-state index contributed by atoms with van der Waals surface area (Å²) in [7, 11) is 0. The smallest absolute Gasteiger partial charge is 0.0622 e. The van der Waals surface area contributed by atoms with Crippen molar-refractivity contribution in [3.8, 4) is 0 Å². The second kappa shape index (κ2) is 19.3. The molecule has 0 aromatic carbocycles. The van der Waals surface area contributed by atoms with Gasteiger partial charge in [-0.15, -0.1) is 13.2 Å². The maximum Gasteiger partial charge on any atom is 0.0622 e. The van der Waals surface area contributed by atoms with Crippen LogP contribution in [-0.2, 0) is 4.74 Å². The third kappa shape index (κ3) is 12.3. The van der Waals surface area contributed by atoms with Gasteiger partial charge >= 0.3 is 0 Å². The van der Waals surface area contributed by atoms with Crippen LogP contribution in [0, 0.1) is 10.8 Å². The predicted octanol–water partition coefficient (Wildman–Crippen LogP) is 3.50. The minimum Gasteiger partial charge on any atom is -0.396 e. The van der Waals surface area contributed by atoms with Crippen LogP contribution in [0.2, 0.25) is 0 Å². The van der Waals surface area contributed by atoms with Gasteiger partial charge in [0.2, 0.25) is 0 Å². The van der Waals surface area contributed by atoms with Gasteiger partial charge in [-0.1, -0.05) is 26.0 Å². The van der Waals surface area contributed by atoms with Crippen molar-refractivity contribution < 1.29 is 35.4 Å². The van der Waals surface area contributed by atoms with E-state index < -0.39 is 35.2 Å². The molecule has 0 heterocycles. The van der Waals surface area contributed by atoms with Crippen LogP contribution >= 0.6 is 0 Å². The van der Waals surface area contributed by atoms with E-state index in [9.17, 15) is 30.6 Å². The maximum absolute atomic E-state index is 11.1. The number of rotatable bonds is 24. The average molecular weight is 503 g/mol. The van der Waals surface area contributed by atoms with Gasteiger partial charge in [-0.3, -0.25) is 0 Å². The summed E-state index contributed by atoms with van der Waals surface area (Å²) >= 11 is 0. The normalized spacial score (nSPS) is 18.7. The first-order valence-corrected chi connectivity index (χ1v) is 13.4. The van der Waals surface area contributed by atoms with Gasteiger partial charge < -0.3 is 35.4 Å². The van der Waals surface area contributed by atoms with Crippen LogP contribution in [0.5, 0.6) is 0 Å². The largest absolute Gasteiger partial charge is 0.396 e. The topological polar surface area (TPSA) is 131 Å². The highest BCUT2D eigenvalue weighted by atomic mass is 16.5. The highest BCUT2D eigenvalue weighted by Gasteiger charge is 2.39. The zero-order valence-electron chi connectivity index (χ0n) is 22.3. The average Bonchev–Trinajstić information content (AvgIpc) is 2.85. The van der Waals surface area contributed by atoms with Gasteiger partial charge in [0.25, 0.3) is 0 Å². The Balaban J connectivity index is 5.07. The van der Waals surface area contributed by atoms with Gasteiger partial charge in [0.05, 0.1) is 24.4 Å². The third-order valence-corrected chi connectivity index (χ3v) is 7.48. The first-order valence-electron chi connectivity index (χ1n) is 13.4.